The van der Waals surface area contributed by atoms with Gasteiger partial charge in [0, 0.05) is 43.9 Å². The van der Waals surface area contributed by atoms with E-state index >= 15 is 0 Å². The summed E-state index contributed by atoms with van der Waals surface area (Å²) < 4.78 is 25.7. The van der Waals surface area contributed by atoms with Crippen LogP contribution in [0.1, 0.15) is 17.7 Å². The number of aromatic nitrogens is 1. The molecule has 2 aliphatic rings. The van der Waals surface area contributed by atoms with Crippen LogP contribution in [-0.2, 0) is 22.6 Å². The molecule has 2 aromatic rings. The number of halogens is 1. The standard InChI is InChI=1S/C20H23FN2O2/c21-19-7-2-1-5-16(19)11-23-14-20(15-23)17(8-10-25-20)12-24-13-18-6-3-4-9-22-18/h1-7,9,17H,8,10-15H2/t17-/m1/s1. The zero-order valence-corrected chi connectivity index (χ0v) is 14.2. The molecule has 0 saturated carbocycles. The maximum absolute atomic E-state index is 13.8. The smallest absolute Gasteiger partial charge is 0.127 e. The number of nitrogens with zero attached hydrogens (tertiary/aromatic N) is 2. The first-order chi connectivity index (χ1) is 12.3. The second-order valence-corrected chi connectivity index (χ2v) is 6.97. The van der Waals surface area contributed by atoms with Crippen LogP contribution in [0.3, 0.4) is 0 Å². The van der Waals surface area contributed by atoms with Crippen molar-refractivity contribution in [3.63, 3.8) is 0 Å². The van der Waals surface area contributed by atoms with Crippen LogP contribution < -0.4 is 0 Å². The molecule has 1 spiro atoms. The Kier molecular flexibility index (Phi) is 4.79. The highest BCUT2D eigenvalue weighted by molar-refractivity contribution is 5.18. The lowest BCUT2D eigenvalue weighted by molar-refractivity contribution is -0.146. The Morgan fingerprint density at radius 2 is 2.04 bits per heavy atom. The highest BCUT2D eigenvalue weighted by Crippen LogP contribution is 2.40. The molecule has 0 bridgehead atoms. The number of ether oxygens (including phenoxy) is 2. The molecule has 0 radical (unpaired) electrons. The van der Waals surface area contributed by atoms with Gasteiger partial charge in [-0.1, -0.05) is 24.3 Å². The van der Waals surface area contributed by atoms with E-state index in [0.717, 1.165) is 37.4 Å². The topological polar surface area (TPSA) is 34.6 Å². The van der Waals surface area contributed by atoms with Gasteiger partial charge in [0.15, 0.2) is 0 Å². The fourth-order valence-electron chi connectivity index (χ4n) is 3.85. The number of likely N-dealkylation sites (tertiary alicyclic amines) is 1. The molecule has 1 aromatic carbocycles. The molecular weight excluding hydrogens is 319 g/mol. The lowest BCUT2D eigenvalue weighted by Crippen LogP contribution is -2.64. The fourth-order valence-corrected chi connectivity index (χ4v) is 3.85. The van der Waals surface area contributed by atoms with Crippen molar-refractivity contribution in [2.24, 2.45) is 5.92 Å². The van der Waals surface area contributed by atoms with Crippen LogP contribution in [0.25, 0.3) is 0 Å². The largest absolute Gasteiger partial charge is 0.375 e. The molecular formula is C20H23FN2O2. The van der Waals surface area contributed by atoms with E-state index in [1.54, 1.807) is 12.3 Å². The summed E-state index contributed by atoms with van der Waals surface area (Å²) in [4.78, 5) is 6.53. The number of hydrogen-bond donors (Lipinski definition) is 0. The summed E-state index contributed by atoms with van der Waals surface area (Å²) in [6.07, 6.45) is 2.81. The lowest BCUT2D eigenvalue weighted by atomic mass is 9.81. The molecule has 0 aliphatic carbocycles. The third kappa shape index (κ3) is 3.59. The highest BCUT2D eigenvalue weighted by Gasteiger charge is 2.52. The van der Waals surface area contributed by atoms with Gasteiger partial charge >= 0.3 is 0 Å². The molecule has 4 rings (SSSR count). The van der Waals surface area contributed by atoms with E-state index in [1.807, 2.05) is 30.3 Å². The maximum atomic E-state index is 13.8. The van der Waals surface area contributed by atoms with Crippen LogP contribution in [0, 0.1) is 11.7 Å². The number of hydrogen-bond acceptors (Lipinski definition) is 4. The van der Waals surface area contributed by atoms with E-state index in [2.05, 4.69) is 9.88 Å². The highest BCUT2D eigenvalue weighted by atomic mass is 19.1. The van der Waals surface area contributed by atoms with Crippen LogP contribution >= 0.6 is 0 Å². The minimum Gasteiger partial charge on any atom is -0.375 e. The average Bonchev–Trinajstić information content (AvgIpc) is 3.01. The van der Waals surface area contributed by atoms with Crippen LogP contribution in [0.2, 0.25) is 0 Å². The van der Waals surface area contributed by atoms with Gasteiger partial charge in [-0.2, -0.15) is 0 Å². The average molecular weight is 342 g/mol. The van der Waals surface area contributed by atoms with Crippen LogP contribution in [0.5, 0.6) is 0 Å². The van der Waals surface area contributed by atoms with Crippen molar-refractivity contribution in [2.75, 3.05) is 26.3 Å². The predicted octanol–water partition coefficient (Wildman–Crippen LogP) is 3.03. The van der Waals surface area contributed by atoms with E-state index in [9.17, 15) is 4.39 Å². The van der Waals surface area contributed by atoms with Gasteiger partial charge in [-0.25, -0.2) is 4.39 Å². The summed E-state index contributed by atoms with van der Waals surface area (Å²) in [6, 6.07) is 12.8. The summed E-state index contributed by atoms with van der Waals surface area (Å²) in [5, 5.41) is 0. The molecule has 0 amide bonds. The van der Waals surface area contributed by atoms with Gasteiger partial charge in [-0.15, -0.1) is 0 Å². The zero-order valence-electron chi connectivity index (χ0n) is 14.2. The molecule has 2 fully saturated rings. The van der Waals surface area contributed by atoms with E-state index in [0.29, 0.717) is 25.7 Å². The number of benzene rings is 1. The normalized spacial score (nSPS) is 22.2. The predicted molar refractivity (Wildman–Crippen MR) is 92.4 cm³/mol. The van der Waals surface area contributed by atoms with Gasteiger partial charge in [-0.3, -0.25) is 9.88 Å². The van der Waals surface area contributed by atoms with Crippen LogP contribution in [0.4, 0.5) is 4.39 Å². The zero-order chi connectivity index (χ0) is 17.1. The van der Waals surface area contributed by atoms with Gasteiger partial charge in [-0.05, 0) is 24.6 Å². The van der Waals surface area contributed by atoms with Crippen molar-refractivity contribution in [3.8, 4) is 0 Å². The third-order valence-corrected chi connectivity index (χ3v) is 5.23. The first-order valence-corrected chi connectivity index (χ1v) is 8.83. The Labute approximate surface area is 147 Å². The van der Waals surface area contributed by atoms with Crippen LogP contribution in [-0.4, -0.2) is 41.8 Å². The van der Waals surface area contributed by atoms with Crippen molar-refractivity contribution in [2.45, 2.75) is 25.2 Å². The minimum absolute atomic E-state index is 0.116. The monoisotopic (exact) mass is 342 g/mol. The molecule has 1 atom stereocenters. The molecule has 2 aliphatic heterocycles. The Morgan fingerprint density at radius 1 is 1.20 bits per heavy atom. The molecule has 0 unspecified atom stereocenters. The second-order valence-electron chi connectivity index (χ2n) is 6.97. The van der Waals surface area contributed by atoms with Gasteiger partial charge in [0.2, 0.25) is 0 Å². The Morgan fingerprint density at radius 3 is 2.84 bits per heavy atom. The van der Waals surface area contributed by atoms with E-state index < -0.39 is 0 Å². The summed E-state index contributed by atoms with van der Waals surface area (Å²) >= 11 is 0. The van der Waals surface area contributed by atoms with Crippen molar-refractivity contribution in [1.29, 1.82) is 0 Å². The van der Waals surface area contributed by atoms with E-state index in [4.69, 9.17) is 9.47 Å². The van der Waals surface area contributed by atoms with Gasteiger partial charge in [0.05, 0.1) is 24.5 Å². The first kappa shape index (κ1) is 16.6. The molecule has 3 heterocycles. The minimum atomic E-state index is -0.133. The van der Waals surface area contributed by atoms with E-state index in [-0.39, 0.29) is 11.4 Å². The maximum Gasteiger partial charge on any atom is 0.127 e. The molecule has 0 N–H and O–H groups in total. The first-order valence-electron chi connectivity index (χ1n) is 8.83. The van der Waals surface area contributed by atoms with Gasteiger partial charge in [0.25, 0.3) is 0 Å². The quantitative estimate of drug-likeness (QED) is 0.808. The van der Waals surface area contributed by atoms with Crippen molar-refractivity contribution in [3.05, 3.63) is 65.7 Å². The van der Waals surface area contributed by atoms with Crippen LogP contribution in [0.15, 0.2) is 48.7 Å². The second kappa shape index (κ2) is 7.20. The summed E-state index contributed by atoms with van der Waals surface area (Å²) in [6.45, 7) is 4.33. The Bertz CT molecular complexity index is 704. The summed E-state index contributed by atoms with van der Waals surface area (Å²) in [7, 11) is 0. The fraction of sp³-hybridized carbons (Fsp3) is 0.450. The Balaban J connectivity index is 1.28. The molecule has 2 saturated heterocycles. The summed E-state index contributed by atoms with van der Waals surface area (Å²) in [5.41, 5.74) is 1.58. The molecule has 25 heavy (non-hydrogen) atoms. The lowest BCUT2D eigenvalue weighted by Gasteiger charge is -2.50. The van der Waals surface area contributed by atoms with Crippen molar-refractivity contribution >= 4 is 0 Å². The molecule has 4 nitrogen and oxygen atoms in total. The van der Waals surface area contributed by atoms with Crippen molar-refractivity contribution < 1.29 is 13.9 Å². The SMILES string of the molecule is Fc1ccccc1CN1CC2(C1)OCC[C@@H]2COCc1ccccn1. The van der Waals surface area contributed by atoms with Gasteiger partial charge in [0.1, 0.15) is 5.82 Å². The molecule has 1 aromatic heterocycles. The Hall–Kier alpha value is -1.82. The number of rotatable bonds is 6. The third-order valence-electron chi connectivity index (χ3n) is 5.23. The molecule has 5 heteroatoms. The van der Waals surface area contributed by atoms with Gasteiger partial charge < -0.3 is 9.47 Å². The molecule has 132 valence electrons. The van der Waals surface area contributed by atoms with E-state index in [1.165, 1.54) is 6.07 Å². The number of pyridine rings is 1. The van der Waals surface area contributed by atoms with Crippen molar-refractivity contribution in [1.82, 2.24) is 9.88 Å². The summed E-state index contributed by atoms with van der Waals surface area (Å²) in [5.74, 6) is 0.263.